The van der Waals surface area contributed by atoms with Gasteiger partial charge in [0.1, 0.15) is 24.4 Å². The molecule has 0 bridgehead atoms. The molecule has 0 amide bonds. The molecule has 3 aromatic rings. The van der Waals surface area contributed by atoms with Crippen molar-refractivity contribution < 1.29 is 28.4 Å². The van der Waals surface area contributed by atoms with Gasteiger partial charge in [-0.15, -0.1) is 0 Å². The quantitative estimate of drug-likeness (QED) is 0.420. The molecular weight excluding hydrogens is 463 g/mol. The number of epoxide rings is 2. The van der Waals surface area contributed by atoms with Gasteiger partial charge in [0.05, 0.1) is 13.2 Å². The van der Waals surface area contributed by atoms with Crippen LogP contribution in [0.3, 0.4) is 0 Å². The Bertz CT molecular complexity index is 1420. The lowest BCUT2D eigenvalue weighted by molar-refractivity contribution is 0.0963. The van der Waals surface area contributed by atoms with Crippen molar-refractivity contribution in [2.45, 2.75) is 24.4 Å². The second-order valence-electron chi connectivity index (χ2n) is 9.19. The molecule has 1 aliphatic carbocycles. The molecule has 0 saturated carbocycles. The monoisotopic (exact) mass is 484 g/mol. The summed E-state index contributed by atoms with van der Waals surface area (Å²) in [7, 11) is -3.48. The maximum Gasteiger partial charge on any atom is 0.193 e. The van der Waals surface area contributed by atoms with E-state index in [1.165, 1.54) is 0 Å². The molecule has 4 unspecified atom stereocenters. The maximum atomic E-state index is 15.1. The van der Waals surface area contributed by atoms with Crippen LogP contribution in [-0.2, 0) is 18.8 Å². The summed E-state index contributed by atoms with van der Waals surface area (Å²) in [4.78, 5) is 28.0. The standard InChI is InChI=1S/C28H21O6P/c29-25-18-12-7-13-21(35(31,16-8-3-1-4-9-16)17-10-5-2-6-11-17)22(18)26(30)24-23(25)27-19(33-27)14-32-15-20-28(24)34-20/h1-13,19-20,27-28H,14-15H2. The predicted molar refractivity (Wildman–Crippen MR) is 130 cm³/mol. The molecule has 3 heterocycles. The topological polar surface area (TPSA) is 85.5 Å². The molecule has 3 aliphatic heterocycles. The predicted octanol–water partition coefficient (Wildman–Crippen LogP) is 2.57. The summed E-state index contributed by atoms with van der Waals surface area (Å²) in [6, 6.07) is 23.4. The van der Waals surface area contributed by atoms with Gasteiger partial charge in [-0.25, -0.2) is 0 Å². The summed E-state index contributed by atoms with van der Waals surface area (Å²) in [5.41, 5.74) is 1.19. The first kappa shape index (κ1) is 21.2. The fourth-order valence-corrected chi connectivity index (χ4v) is 8.24. The Balaban J connectivity index is 1.47. The van der Waals surface area contributed by atoms with Gasteiger partial charge in [0.2, 0.25) is 0 Å². The molecule has 0 N–H and O–H groups in total. The first-order chi connectivity index (χ1) is 17.1. The summed E-state index contributed by atoms with van der Waals surface area (Å²) in [6.45, 7) is 0.704. The number of ketones is 2. The minimum Gasteiger partial charge on any atom is -0.376 e. The summed E-state index contributed by atoms with van der Waals surface area (Å²) < 4.78 is 32.3. The third-order valence-corrected chi connectivity index (χ3v) is 10.3. The Morgan fingerprint density at radius 2 is 1.20 bits per heavy atom. The Kier molecular flexibility index (Phi) is 4.64. The summed E-state index contributed by atoms with van der Waals surface area (Å²) in [5, 5.41) is 1.58. The van der Waals surface area contributed by atoms with Crippen LogP contribution in [0.2, 0.25) is 0 Å². The van der Waals surface area contributed by atoms with E-state index in [0.717, 1.165) is 0 Å². The van der Waals surface area contributed by atoms with Gasteiger partial charge in [-0.1, -0.05) is 78.9 Å². The molecule has 4 aliphatic rings. The van der Waals surface area contributed by atoms with E-state index in [1.54, 1.807) is 18.2 Å². The van der Waals surface area contributed by atoms with E-state index in [4.69, 9.17) is 14.2 Å². The van der Waals surface area contributed by atoms with E-state index >= 15 is 4.57 Å². The van der Waals surface area contributed by atoms with Crippen LogP contribution in [0, 0.1) is 0 Å². The number of benzene rings is 3. The number of carbonyl (C=O) groups is 2. The number of Topliss-reactive ketones (excluding diaryl/α,β-unsaturated/α-hetero) is 2. The maximum absolute atomic E-state index is 15.1. The van der Waals surface area contributed by atoms with Crippen LogP contribution in [0.5, 0.6) is 0 Å². The van der Waals surface area contributed by atoms with Crippen LogP contribution in [0.15, 0.2) is 90.0 Å². The SMILES string of the molecule is O=C1C2=C(C(=O)c3c1cccc3P(=O)(c1ccccc1)c1ccccc1)C1OC1COCC1OC21. The van der Waals surface area contributed by atoms with E-state index in [-0.39, 0.29) is 34.9 Å². The normalized spacial score (nSPS) is 27.0. The number of hydrogen-bond donors (Lipinski definition) is 0. The molecule has 6 nitrogen and oxygen atoms in total. The van der Waals surface area contributed by atoms with Gasteiger partial charge in [-0.05, 0) is 0 Å². The van der Waals surface area contributed by atoms with E-state index in [1.807, 2.05) is 60.7 Å². The lowest BCUT2D eigenvalue weighted by atomic mass is 9.80. The Morgan fingerprint density at radius 3 is 1.77 bits per heavy atom. The van der Waals surface area contributed by atoms with Crippen molar-refractivity contribution >= 4 is 34.6 Å². The molecule has 2 fully saturated rings. The third-order valence-electron chi connectivity index (χ3n) is 7.17. The molecule has 2 saturated heterocycles. The van der Waals surface area contributed by atoms with Crippen molar-refractivity contribution in [2.75, 3.05) is 13.2 Å². The van der Waals surface area contributed by atoms with E-state index in [2.05, 4.69) is 0 Å². The smallest absolute Gasteiger partial charge is 0.193 e. The number of carbonyl (C=O) groups excluding carboxylic acids is 2. The second-order valence-corrected chi connectivity index (χ2v) is 11.9. The highest BCUT2D eigenvalue weighted by molar-refractivity contribution is 7.85. The van der Waals surface area contributed by atoms with Crippen molar-refractivity contribution in [1.29, 1.82) is 0 Å². The summed E-state index contributed by atoms with van der Waals surface area (Å²) in [6.07, 6.45) is -1.49. The van der Waals surface area contributed by atoms with Crippen molar-refractivity contribution in [3.8, 4) is 0 Å². The first-order valence-electron chi connectivity index (χ1n) is 11.7. The Hall–Kier alpha value is -3.15. The van der Waals surface area contributed by atoms with Crippen LogP contribution < -0.4 is 15.9 Å². The average molecular weight is 484 g/mol. The van der Waals surface area contributed by atoms with Crippen molar-refractivity contribution in [3.63, 3.8) is 0 Å². The number of fused-ring (bicyclic) bond motifs is 5. The zero-order valence-corrected chi connectivity index (χ0v) is 19.5. The van der Waals surface area contributed by atoms with E-state index in [9.17, 15) is 9.59 Å². The molecule has 35 heavy (non-hydrogen) atoms. The molecule has 0 spiro atoms. The van der Waals surface area contributed by atoms with Gasteiger partial charge in [0, 0.05) is 38.2 Å². The number of ether oxygens (including phenoxy) is 3. The van der Waals surface area contributed by atoms with Crippen LogP contribution in [-0.4, -0.2) is 49.2 Å². The number of hydrogen-bond acceptors (Lipinski definition) is 6. The van der Waals surface area contributed by atoms with Crippen molar-refractivity contribution in [3.05, 3.63) is 101 Å². The third kappa shape index (κ3) is 3.11. The highest BCUT2D eigenvalue weighted by atomic mass is 31.2. The Labute approximate surface area is 201 Å². The minimum atomic E-state index is -3.48. The summed E-state index contributed by atoms with van der Waals surface area (Å²) in [5.74, 6) is -0.561. The second kappa shape index (κ2) is 7.67. The van der Waals surface area contributed by atoms with Gasteiger partial charge in [0.15, 0.2) is 18.7 Å². The van der Waals surface area contributed by atoms with Crippen LogP contribution in [0.4, 0.5) is 0 Å². The van der Waals surface area contributed by atoms with E-state index in [0.29, 0.717) is 40.3 Å². The molecule has 4 atom stereocenters. The Morgan fingerprint density at radius 1 is 0.657 bits per heavy atom. The molecule has 0 aromatic heterocycles. The van der Waals surface area contributed by atoms with Gasteiger partial charge in [0.25, 0.3) is 0 Å². The van der Waals surface area contributed by atoms with Crippen molar-refractivity contribution in [1.82, 2.24) is 0 Å². The van der Waals surface area contributed by atoms with Crippen LogP contribution >= 0.6 is 7.14 Å². The highest BCUT2D eigenvalue weighted by Crippen LogP contribution is 2.48. The van der Waals surface area contributed by atoms with Gasteiger partial charge in [-0.3, -0.25) is 9.59 Å². The van der Waals surface area contributed by atoms with Crippen molar-refractivity contribution in [2.24, 2.45) is 0 Å². The fourth-order valence-electron chi connectivity index (χ4n) is 5.37. The van der Waals surface area contributed by atoms with Crippen LogP contribution in [0.1, 0.15) is 20.7 Å². The fraction of sp³-hybridized carbons (Fsp3) is 0.214. The number of rotatable bonds is 3. The zero-order valence-electron chi connectivity index (χ0n) is 18.6. The molecule has 3 aromatic carbocycles. The van der Waals surface area contributed by atoms with Gasteiger partial charge < -0.3 is 18.8 Å². The van der Waals surface area contributed by atoms with E-state index < -0.39 is 19.3 Å². The molecule has 0 radical (unpaired) electrons. The minimum absolute atomic E-state index is 0.207. The highest BCUT2D eigenvalue weighted by Gasteiger charge is 2.57. The molecular formula is C28H21O6P. The summed E-state index contributed by atoms with van der Waals surface area (Å²) >= 11 is 0. The van der Waals surface area contributed by atoms with Crippen LogP contribution in [0.25, 0.3) is 0 Å². The van der Waals surface area contributed by atoms with Gasteiger partial charge in [-0.2, -0.15) is 0 Å². The first-order valence-corrected chi connectivity index (χ1v) is 13.4. The largest absolute Gasteiger partial charge is 0.376 e. The lowest BCUT2D eigenvalue weighted by Gasteiger charge is -2.27. The molecule has 7 heteroatoms. The molecule has 174 valence electrons. The van der Waals surface area contributed by atoms with Gasteiger partial charge >= 0.3 is 0 Å². The average Bonchev–Trinajstić information content (AvgIpc) is 3.83. The zero-order chi connectivity index (χ0) is 23.7. The molecule has 7 rings (SSSR count). The lowest BCUT2D eigenvalue weighted by Crippen LogP contribution is -2.36.